The molecule has 3 saturated carbocycles. The van der Waals surface area contributed by atoms with Crippen molar-refractivity contribution in [1.29, 1.82) is 0 Å². The van der Waals surface area contributed by atoms with Crippen LogP contribution in [0.3, 0.4) is 0 Å². The molecule has 0 saturated heterocycles. The number of fused-ring (bicyclic) bond motifs is 5. The lowest BCUT2D eigenvalue weighted by molar-refractivity contribution is -0.118. The van der Waals surface area contributed by atoms with Crippen LogP contribution in [-0.2, 0) is 4.79 Å². The number of rotatable bonds is 1. The SMILES string of the molecule is C[C@@H]1CC2=CC(=O)CC[C@@H]2[C@H]2CC[C@@]3(C)[C@@H](CC[C@@]3(O)/C=C/I)[C@@H]21. The summed E-state index contributed by atoms with van der Waals surface area (Å²) in [5, 5.41) is 11.3. The van der Waals surface area contributed by atoms with Gasteiger partial charge in [-0.05, 0) is 84.3 Å². The normalized spacial score (nSPS) is 51.1. The van der Waals surface area contributed by atoms with E-state index < -0.39 is 5.60 Å². The van der Waals surface area contributed by atoms with E-state index >= 15 is 0 Å². The Kier molecular flexibility index (Phi) is 4.27. The lowest BCUT2D eigenvalue weighted by Crippen LogP contribution is -2.53. The number of hydrogen-bond acceptors (Lipinski definition) is 2. The van der Waals surface area contributed by atoms with E-state index in [1.54, 1.807) is 0 Å². The molecule has 2 nitrogen and oxygen atoms in total. The summed E-state index contributed by atoms with van der Waals surface area (Å²) in [6.07, 6.45) is 11.4. The van der Waals surface area contributed by atoms with Crippen molar-refractivity contribution in [2.45, 2.75) is 64.4 Å². The molecule has 3 fully saturated rings. The Labute approximate surface area is 159 Å². The molecule has 0 amide bonds. The van der Waals surface area contributed by atoms with Crippen LogP contribution in [0.4, 0.5) is 0 Å². The molecule has 0 aliphatic heterocycles. The third-order valence-corrected chi connectivity index (χ3v) is 8.55. The van der Waals surface area contributed by atoms with Crippen molar-refractivity contribution >= 4 is 28.4 Å². The quantitative estimate of drug-likeness (QED) is 0.580. The van der Waals surface area contributed by atoms with Gasteiger partial charge in [0.2, 0.25) is 0 Å². The summed E-state index contributed by atoms with van der Waals surface area (Å²) in [6, 6.07) is 0. The van der Waals surface area contributed by atoms with E-state index in [9.17, 15) is 9.90 Å². The van der Waals surface area contributed by atoms with E-state index in [1.807, 2.05) is 10.2 Å². The highest BCUT2D eigenvalue weighted by atomic mass is 127. The van der Waals surface area contributed by atoms with Crippen LogP contribution in [0.2, 0.25) is 0 Å². The molecule has 0 unspecified atom stereocenters. The van der Waals surface area contributed by atoms with Crippen molar-refractivity contribution in [3.63, 3.8) is 0 Å². The molecule has 3 heteroatoms. The third-order valence-electron chi connectivity index (χ3n) is 8.19. The highest BCUT2D eigenvalue weighted by molar-refractivity contribution is 14.1. The first-order chi connectivity index (χ1) is 11.4. The summed E-state index contributed by atoms with van der Waals surface area (Å²) in [5.41, 5.74) is 0.849. The lowest BCUT2D eigenvalue weighted by atomic mass is 9.48. The molecule has 0 aromatic carbocycles. The Bertz CT molecular complexity index is 609. The predicted octanol–water partition coefficient (Wildman–Crippen LogP) is 5.05. The molecule has 0 aromatic rings. The maximum absolute atomic E-state index is 11.9. The summed E-state index contributed by atoms with van der Waals surface area (Å²) in [7, 11) is 0. The van der Waals surface area contributed by atoms with Crippen molar-refractivity contribution in [2.24, 2.45) is 35.0 Å². The number of aliphatic hydroxyl groups is 1. The number of carbonyl (C=O) groups excluding carboxylic acids is 1. The first kappa shape index (κ1) is 17.3. The fourth-order valence-electron chi connectivity index (χ4n) is 7.02. The highest BCUT2D eigenvalue weighted by Gasteiger charge is 2.62. The molecule has 0 heterocycles. The molecule has 0 radical (unpaired) electrons. The van der Waals surface area contributed by atoms with Gasteiger partial charge in [0.05, 0.1) is 5.60 Å². The summed E-state index contributed by atoms with van der Waals surface area (Å²) < 4.78 is 2.01. The van der Waals surface area contributed by atoms with Gasteiger partial charge in [-0.2, -0.15) is 0 Å². The minimum Gasteiger partial charge on any atom is -0.385 e. The number of ketones is 1. The monoisotopic (exact) mass is 440 g/mol. The van der Waals surface area contributed by atoms with Gasteiger partial charge >= 0.3 is 0 Å². The average molecular weight is 440 g/mol. The first-order valence-electron chi connectivity index (χ1n) is 9.63. The van der Waals surface area contributed by atoms with E-state index in [0.29, 0.717) is 23.5 Å². The molecule has 4 aliphatic carbocycles. The van der Waals surface area contributed by atoms with Gasteiger partial charge in [0.25, 0.3) is 0 Å². The Morgan fingerprint density at radius 1 is 1.29 bits per heavy atom. The zero-order valence-electron chi connectivity index (χ0n) is 14.8. The standard InChI is InChI=1S/C21H29IO2/c1-13-11-14-12-15(23)3-4-16(14)17-5-7-20(2)18(19(13)17)6-8-21(20,24)9-10-22/h9-10,12-13,16-19,24H,3-8,11H2,1-2H3/b10-9+/t13-,16+,17-,18+,19-,20+,21-/m1/s1. The molecular formula is C21H29IO2. The Morgan fingerprint density at radius 2 is 2.08 bits per heavy atom. The van der Waals surface area contributed by atoms with Gasteiger partial charge in [0.1, 0.15) is 0 Å². The molecule has 0 spiro atoms. The lowest BCUT2D eigenvalue weighted by Gasteiger charge is -2.57. The van der Waals surface area contributed by atoms with Crippen LogP contribution in [0.5, 0.6) is 0 Å². The zero-order chi connectivity index (χ0) is 17.1. The summed E-state index contributed by atoms with van der Waals surface area (Å²) >= 11 is 2.24. The molecule has 0 aromatic heterocycles. The van der Waals surface area contributed by atoms with Crippen molar-refractivity contribution in [1.82, 2.24) is 0 Å². The Hall–Kier alpha value is -0.160. The number of carbonyl (C=O) groups is 1. The Balaban J connectivity index is 1.68. The summed E-state index contributed by atoms with van der Waals surface area (Å²) in [5.74, 6) is 3.70. The van der Waals surface area contributed by atoms with E-state index in [4.69, 9.17) is 0 Å². The van der Waals surface area contributed by atoms with E-state index in [-0.39, 0.29) is 5.41 Å². The maximum atomic E-state index is 11.9. The van der Waals surface area contributed by atoms with E-state index in [0.717, 1.165) is 50.4 Å². The molecule has 4 aliphatic rings. The number of hydrogen-bond donors (Lipinski definition) is 1. The van der Waals surface area contributed by atoms with Crippen LogP contribution < -0.4 is 0 Å². The highest BCUT2D eigenvalue weighted by Crippen LogP contribution is 2.66. The van der Waals surface area contributed by atoms with Crippen molar-refractivity contribution in [3.8, 4) is 0 Å². The van der Waals surface area contributed by atoms with Crippen LogP contribution in [0.25, 0.3) is 0 Å². The topological polar surface area (TPSA) is 37.3 Å². The van der Waals surface area contributed by atoms with Crippen LogP contribution in [0, 0.1) is 35.0 Å². The van der Waals surface area contributed by atoms with Crippen LogP contribution in [0.15, 0.2) is 21.8 Å². The predicted molar refractivity (Wildman–Crippen MR) is 105 cm³/mol. The van der Waals surface area contributed by atoms with Gasteiger partial charge < -0.3 is 5.11 Å². The van der Waals surface area contributed by atoms with Gasteiger partial charge in [0.15, 0.2) is 5.78 Å². The molecular weight excluding hydrogens is 411 g/mol. The summed E-state index contributed by atoms with van der Waals surface area (Å²) in [4.78, 5) is 11.9. The minimum atomic E-state index is -0.623. The van der Waals surface area contributed by atoms with Gasteiger partial charge in [-0.15, -0.1) is 0 Å². The van der Waals surface area contributed by atoms with Crippen molar-refractivity contribution in [2.75, 3.05) is 0 Å². The van der Waals surface area contributed by atoms with Gasteiger partial charge in [-0.1, -0.05) is 42.0 Å². The summed E-state index contributed by atoms with van der Waals surface area (Å²) in [6.45, 7) is 4.74. The molecule has 1 N–H and O–H groups in total. The first-order valence-corrected chi connectivity index (χ1v) is 10.9. The number of halogens is 1. The maximum Gasteiger partial charge on any atom is 0.155 e. The van der Waals surface area contributed by atoms with E-state index in [1.165, 1.54) is 12.0 Å². The molecule has 4 rings (SSSR count). The van der Waals surface area contributed by atoms with Crippen molar-refractivity contribution < 1.29 is 9.90 Å². The van der Waals surface area contributed by atoms with Gasteiger partial charge in [0, 0.05) is 11.8 Å². The average Bonchev–Trinajstić information content (AvgIpc) is 2.79. The van der Waals surface area contributed by atoms with Gasteiger partial charge in [-0.25, -0.2) is 0 Å². The minimum absolute atomic E-state index is 0.0236. The molecule has 7 atom stereocenters. The molecule has 132 valence electrons. The second kappa shape index (κ2) is 5.94. The zero-order valence-corrected chi connectivity index (χ0v) is 17.0. The van der Waals surface area contributed by atoms with Crippen LogP contribution in [-0.4, -0.2) is 16.5 Å². The van der Waals surface area contributed by atoms with Crippen molar-refractivity contribution in [3.05, 3.63) is 21.8 Å². The smallest absolute Gasteiger partial charge is 0.155 e. The third kappa shape index (κ3) is 2.33. The Morgan fingerprint density at radius 3 is 2.83 bits per heavy atom. The second-order valence-electron chi connectivity index (χ2n) is 9.07. The fraction of sp³-hybridized carbons (Fsp3) is 0.762. The van der Waals surface area contributed by atoms with Crippen LogP contribution in [0.1, 0.15) is 58.8 Å². The molecule has 24 heavy (non-hydrogen) atoms. The second-order valence-corrected chi connectivity index (χ2v) is 9.79. The van der Waals surface area contributed by atoms with Gasteiger partial charge in [-0.3, -0.25) is 4.79 Å². The molecule has 0 bridgehead atoms. The largest absolute Gasteiger partial charge is 0.385 e. The fourth-order valence-corrected chi connectivity index (χ4v) is 7.61. The number of allylic oxidation sites excluding steroid dienone is 1. The van der Waals surface area contributed by atoms with Crippen LogP contribution >= 0.6 is 22.6 Å². The van der Waals surface area contributed by atoms with E-state index in [2.05, 4.69) is 42.5 Å².